The molecule has 0 aliphatic carbocycles. The number of carbonyl (C=O) groups excluding carboxylic acids is 1. The Kier molecular flexibility index (Phi) is 3.54. The van der Waals surface area contributed by atoms with E-state index in [9.17, 15) is 4.79 Å². The van der Waals surface area contributed by atoms with Crippen molar-refractivity contribution >= 4 is 17.2 Å². The first-order valence-corrected chi connectivity index (χ1v) is 6.32. The topological polar surface area (TPSA) is 42.0 Å². The molecule has 3 nitrogen and oxygen atoms in total. The van der Waals surface area contributed by atoms with E-state index in [0.717, 1.165) is 10.4 Å². The molecule has 17 heavy (non-hydrogen) atoms. The fourth-order valence-corrected chi connectivity index (χ4v) is 2.19. The van der Waals surface area contributed by atoms with E-state index in [2.05, 4.69) is 10.3 Å². The number of rotatable bonds is 3. The molecule has 88 valence electrons. The molecule has 1 unspecified atom stereocenters. The predicted octanol–water partition coefficient (Wildman–Crippen LogP) is 2.94. The van der Waals surface area contributed by atoms with Gasteiger partial charge in [-0.25, -0.2) is 4.98 Å². The summed E-state index contributed by atoms with van der Waals surface area (Å²) in [5.41, 5.74) is 3.31. The highest BCUT2D eigenvalue weighted by Gasteiger charge is 2.14. The molecule has 0 bridgehead atoms. The van der Waals surface area contributed by atoms with Crippen LogP contribution in [0.4, 0.5) is 0 Å². The molecule has 4 heteroatoms. The first kappa shape index (κ1) is 11.8. The zero-order valence-electron chi connectivity index (χ0n) is 9.81. The maximum absolute atomic E-state index is 11.9. The molecule has 2 aromatic rings. The van der Waals surface area contributed by atoms with Gasteiger partial charge in [-0.05, 0) is 19.4 Å². The predicted molar refractivity (Wildman–Crippen MR) is 69.2 cm³/mol. The van der Waals surface area contributed by atoms with Crippen molar-refractivity contribution in [2.24, 2.45) is 0 Å². The Morgan fingerprint density at radius 2 is 2.06 bits per heavy atom. The van der Waals surface area contributed by atoms with Crippen molar-refractivity contribution in [2.45, 2.75) is 19.9 Å². The summed E-state index contributed by atoms with van der Waals surface area (Å²) in [5.74, 6) is -0.111. The number of hydrogen-bond donors (Lipinski definition) is 1. The van der Waals surface area contributed by atoms with Gasteiger partial charge in [-0.2, -0.15) is 0 Å². The van der Waals surface area contributed by atoms with Crippen LogP contribution in [-0.4, -0.2) is 10.9 Å². The fraction of sp³-hybridized carbons (Fsp3) is 0.231. The van der Waals surface area contributed by atoms with Gasteiger partial charge in [-0.15, -0.1) is 11.3 Å². The smallest absolute Gasteiger partial charge is 0.271 e. The zero-order valence-corrected chi connectivity index (χ0v) is 10.6. The Labute approximate surface area is 105 Å². The number of thiazole rings is 1. The van der Waals surface area contributed by atoms with Gasteiger partial charge >= 0.3 is 0 Å². The van der Waals surface area contributed by atoms with Crippen LogP contribution in [0, 0.1) is 6.92 Å². The maximum Gasteiger partial charge on any atom is 0.271 e. The average Bonchev–Trinajstić information content (AvgIpc) is 2.76. The first-order chi connectivity index (χ1) is 8.18. The Morgan fingerprint density at radius 3 is 2.65 bits per heavy atom. The van der Waals surface area contributed by atoms with E-state index in [1.54, 1.807) is 5.51 Å². The second kappa shape index (κ2) is 5.10. The largest absolute Gasteiger partial charge is 0.344 e. The Morgan fingerprint density at radius 1 is 1.35 bits per heavy atom. The molecule has 0 spiro atoms. The average molecular weight is 246 g/mol. The minimum Gasteiger partial charge on any atom is -0.344 e. The SMILES string of the molecule is Cc1scnc1C(=O)NC(C)c1ccccc1. The minimum absolute atomic E-state index is 0.00944. The molecule has 0 saturated heterocycles. The molecule has 0 radical (unpaired) electrons. The second-order valence-electron chi connectivity index (χ2n) is 3.86. The van der Waals surface area contributed by atoms with Crippen molar-refractivity contribution in [3.63, 3.8) is 0 Å². The van der Waals surface area contributed by atoms with Crippen LogP contribution >= 0.6 is 11.3 Å². The van der Waals surface area contributed by atoms with Gasteiger partial charge in [-0.1, -0.05) is 30.3 Å². The Balaban J connectivity index is 2.08. The quantitative estimate of drug-likeness (QED) is 0.904. The lowest BCUT2D eigenvalue weighted by molar-refractivity contribution is 0.0935. The third-order valence-electron chi connectivity index (χ3n) is 2.61. The van der Waals surface area contributed by atoms with Gasteiger partial charge in [-0.3, -0.25) is 4.79 Å². The highest BCUT2D eigenvalue weighted by Crippen LogP contribution is 2.15. The molecule has 1 N–H and O–H groups in total. The molecule has 1 heterocycles. The summed E-state index contributed by atoms with van der Waals surface area (Å²) < 4.78 is 0. The van der Waals surface area contributed by atoms with Gasteiger partial charge in [0, 0.05) is 4.88 Å². The first-order valence-electron chi connectivity index (χ1n) is 5.44. The number of hydrogen-bond acceptors (Lipinski definition) is 3. The normalized spacial score (nSPS) is 12.1. The van der Waals surface area contributed by atoms with Crippen molar-refractivity contribution in [1.29, 1.82) is 0 Å². The molecule has 0 aliphatic heterocycles. The third-order valence-corrected chi connectivity index (χ3v) is 3.36. The maximum atomic E-state index is 11.9. The number of carbonyl (C=O) groups is 1. The molecule has 1 atom stereocenters. The van der Waals surface area contributed by atoms with E-state index in [1.807, 2.05) is 44.2 Å². The van der Waals surface area contributed by atoms with Gasteiger partial charge in [0.2, 0.25) is 0 Å². The Bertz CT molecular complexity index is 507. The molecule has 1 aromatic carbocycles. The van der Waals surface area contributed by atoms with E-state index >= 15 is 0 Å². The number of amides is 1. The molecule has 2 rings (SSSR count). The van der Waals surface area contributed by atoms with E-state index < -0.39 is 0 Å². The summed E-state index contributed by atoms with van der Waals surface area (Å²) in [4.78, 5) is 17.0. The van der Waals surface area contributed by atoms with Crippen molar-refractivity contribution in [3.8, 4) is 0 Å². The molecular weight excluding hydrogens is 232 g/mol. The zero-order chi connectivity index (χ0) is 12.3. The molecule has 1 aromatic heterocycles. The summed E-state index contributed by atoms with van der Waals surface area (Å²) in [6.07, 6.45) is 0. The number of aromatic nitrogens is 1. The van der Waals surface area contributed by atoms with Gasteiger partial charge in [0.15, 0.2) is 0 Å². The highest BCUT2D eigenvalue weighted by atomic mass is 32.1. The molecular formula is C13H14N2OS. The van der Waals surface area contributed by atoms with Crippen LogP contribution in [-0.2, 0) is 0 Å². The fourth-order valence-electron chi connectivity index (χ4n) is 1.61. The lowest BCUT2D eigenvalue weighted by Crippen LogP contribution is -2.27. The lowest BCUT2D eigenvalue weighted by Gasteiger charge is -2.13. The molecule has 0 aliphatic rings. The van der Waals surface area contributed by atoms with E-state index in [-0.39, 0.29) is 11.9 Å². The van der Waals surface area contributed by atoms with Crippen LogP contribution in [0.1, 0.15) is 33.9 Å². The number of aryl methyl sites for hydroxylation is 1. The van der Waals surface area contributed by atoms with Crippen LogP contribution in [0.2, 0.25) is 0 Å². The van der Waals surface area contributed by atoms with Crippen LogP contribution in [0.3, 0.4) is 0 Å². The third kappa shape index (κ3) is 2.71. The highest BCUT2D eigenvalue weighted by molar-refractivity contribution is 7.09. The number of nitrogens with one attached hydrogen (secondary N) is 1. The summed E-state index contributed by atoms with van der Waals surface area (Å²) in [5, 5.41) is 2.94. The molecule has 0 saturated carbocycles. The van der Waals surface area contributed by atoms with Gasteiger partial charge in [0.1, 0.15) is 5.69 Å². The van der Waals surface area contributed by atoms with Crippen molar-refractivity contribution in [3.05, 3.63) is 52.0 Å². The van der Waals surface area contributed by atoms with E-state index in [1.165, 1.54) is 11.3 Å². The van der Waals surface area contributed by atoms with Gasteiger partial charge in [0.05, 0.1) is 11.6 Å². The Hall–Kier alpha value is -1.68. The number of nitrogens with zero attached hydrogens (tertiary/aromatic N) is 1. The van der Waals surface area contributed by atoms with Gasteiger partial charge in [0.25, 0.3) is 5.91 Å². The van der Waals surface area contributed by atoms with Crippen molar-refractivity contribution in [2.75, 3.05) is 0 Å². The van der Waals surface area contributed by atoms with Crippen molar-refractivity contribution in [1.82, 2.24) is 10.3 Å². The minimum atomic E-state index is -0.111. The van der Waals surface area contributed by atoms with Crippen LogP contribution in [0.5, 0.6) is 0 Å². The summed E-state index contributed by atoms with van der Waals surface area (Å²) in [6.45, 7) is 3.87. The lowest BCUT2D eigenvalue weighted by atomic mass is 10.1. The second-order valence-corrected chi connectivity index (χ2v) is 4.92. The monoisotopic (exact) mass is 246 g/mol. The van der Waals surface area contributed by atoms with Gasteiger partial charge < -0.3 is 5.32 Å². The number of benzene rings is 1. The van der Waals surface area contributed by atoms with Crippen molar-refractivity contribution < 1.29 is 4.79 Å². The van der Waals surface area contributed by atoms with E-state index in [0.29, 0.717) is 5.69 Å². The summed E-state index contributed by atoms with van der Waals surface area (Å²) in [7, 11) is 0. The molecule has 1 amide bonds. The standard InChI is InChI=1S/C13H14N2OS/c1-9(11-6-4-3-5-7-11)15-13(16)12-10(2)17-8-14-12/h3-9H,1-2H3,(H,15,16). The van der Waals surface area contributed by atoms with Crippen LogP contribution in [0.25, 0.3) is 0 Å². The summed E-state index contributed by atoms with van der Waals surface area (Å²) in [6, 6.07) is 9.88. The van der Waals surface area contributed by atoms with Crippen LogP contribution in [0.15, 0.2) is 35.8 Å². The molecule has 0 fully saturated rings. The van der Waals surface area contributed by atoms with E-state index in [4.69, 9.17) is 0 Å². The van der Waals surface area contributed by atoms with Crippen LogP contribution < -0.4 is 5.32 Å². The summed E-state index contributed by atoms with van der Waals surface area (Å²) >= 11 is 1.48.